The van der Waals surface area contributed by atoms with Crippen LogP contribution >= 0.6 is 0 Å². The number of anilines is 1. The molecule has 1 heterocycles. The van der Waals surface area contributed by atoms with Gasteiger partial charge in [0.1, 0.15) is 0 Å². The third kappa shape index (κ3) is 3.78. The number of nitrogens with one attached hydrogen (secondary N) is 1. The normalized spacial score (nSPS) is 13.9. The maximum Gasteiger partial charge on any atom is 0.321 e. The van der Waals surface area contributed by atoms with E-state index in [0.717, 1.165) is 12.1 Å². The molecular formula is C17H24N2O3. The summed E-state index contributed by atoms with van der Waals surface area (Å²) in [5, 5.41) is 11.4. The highest BCUT2D eigenvalue weighted by Crippen LogP contribution is 2.32. The Morgan fingerprint density at radius 2 is 2.05 bits per heavy atom. The van der Waals surface area contributed by atoms with E-state index >= 15 is 0 Å². The number of carbonyl (C=O) groups excluding carboxylic acids is 1. The van der Waals surface area contributed by atoms with Gasteiger partial charge < -0.3 is 10.4 Å². The van der Waals surface area contributed by atoms with E-state index in [1.54, 1.807) is 4.90 Å². The molecule has 2 rings (SSSR count). The molecule has 0 saturated carbocycles. The third-order valence-electron chi connectivity index (χ3n) is 3.93. The van der Waals surface area contributed by atoms with Gasteiger partial charge in [-0.05, 0) is 35.4 Å². The van der Waals surface area contributed by atoms with Crippen LogP contribution in [0.5, 0.6) is 0 Å². The molecule has 0 spiro atoms. The number of carboxylic acid groups (broad SMARTS) is 1. The molecule has 0 bridgehead atoms. The topological polar surface area (TPSA) is 69.6 Å². The number of hydrogen-bond donors (Lipinski definition) is 2. The molecule has 5 nitrogen and oxygen atoms in total. The molecule has 0 unspecified atom stereocenters. The van der Waals surface area contributed by atoms with Crippen molar-refractivity contribution >= 4 is 17.7 Å². The van der Waals surface area contributed by atoms with Gasteiger partial charge in [-0.15, -0.1) is 0 Å². The van der Waals surface area contributed by atoms with Crippen molar-refractivity contribution in [2.24, 2.45) is 0 Å². The Morgan fingerprint density at radius 3 is 2.68 bits per heavy atom. The highest BCUT2D eigenvalue weighted by Gasteiger charge is 2.26. The van der Waals surface area contributed by atoms with Crippen LogP contribution < -0.4 is 10.2 Å². The molecule has 1 aromatic carbocycles. The summed E-state index contributed by atoms with van der Waals surface area (Å²) in [6, 6.07) is 6.13. The lowest BCUT2D eigenvalue weighted by molar-refractivity contribution is -0.137. The van der Waals surface area contributed by atoms with Crippen LogP contribution in [0.25, 0.3) is 0 Å². The number of nitrogens with zero attached hydrogens (tertiary/aromatic N) is 1. The minimum Gasteiger partial charge on any atom is -0.481 e. The summed E-state index contributed by atoms with van der Waals surface area (Å²) in [5.41, 5.74) is 3.54. The van der Waals surface area contributed by atoms with Gasteiger partial charge >= 0.3 is 12.0 Å². The molecular weight excluding hydrogens is 280 g/mol. The molecule has 0 aliphatic carbocycles. The Kier molecular flexibility index (Phi) is 4.74. The summed E-state index contributed by atoms with van der Waals surface area (Å²) in [6.45, 7) is 7.59. The molecule has 0 fully saturated rings. The third-order valence-corrected chi connectivity index (χ3v) is 3.93. The SMILES string of the molecule is CC(C)(C)c1ccc2c(c1)CCN2C(=O)NCCCC(=O)O. The lowest BCUT2D eigenvalue weighted by Gasteiger charge is -2.22. The van der Waals surface area contributed by atoms with Crippen molar-refractivity contribution in [3.05, 3.63) is 29.3 Å². The second kappa shape index (κ2) is 6.38. The molecule has 2 N–H and O–H groups in total. The number of amides is 2. The minimum absolute atomic E-state index is 0.0752. The molecule has 0 aromatic heterocycles. The fraction of sp³-hybridized carbons (Fsp3) is 0.529. The van der Waals surface area contributed by atoms with Crippen molar-refractivity contribution in [1.29, 1.82) is 0 Å². The zero-order chi connectivity index (χ0) is 16.3. The smallest absolute Gasteiger partial charge is 0.321 e. The average Bonchev–Trinajstić information content (AvgIpc) is 2.85. The first-order chi connectivity index (χ1) is 10.3. The monoisotopic (exact) mass is 304 g/mol. The molecule has 0 saturated heterocycles. The number of urea groups is 1. The molecule has 0 atom stereocenters. The van der Waals surface area contributed by atoms with Crippen molar-refractivity contribution in [3.63, 3.8) is 0 Å². The number of rotatable bonds is 4. The second-order valence-electron chi connectivity index (χ2n) is 6.72. The van der Waals surface area contributed by atoms with Crippen LogP contribution in [0.15, 0.2) is 18.2 Å². The van der Waals surface area contributed by atoms with Crippen LogP contribution in [-0.2, 0) is 16.6 Å². The molecule has 5 heteroatoms. The number of carbonyl (C=O) groups is 2. The van der Waals surface area contributed by atoms with E-state index in [1.165, 1.54) is 11.1 Å². The van der Waals surface area contributed by atoms with Gasteiger partial charge in [-0.2, -0.15) is 0 Å². The summed E-state index contributed by atoms with van der Waals surface area (Å²) in [5.74, 6) is -0.838. The van der Waals surface area contributed by atoms with Crippen molar-refractivity contribution in [3.8, 4) is 0 Å². The van der Waals surface area contributed by atoms with Crippen LogP contribution in [0.2, 0.25) is 0 Å². The van der Waals surface area contributed by atoms with E-state index in [2.05, 4.69) is 38.2 Å². The lowest BCUT2D eigenvalue weighted by Crippen LogP contribution is -2.39. The van der Waals surface area contributed by atoms with E-state index in [1.807, 2.05) is 6.07 Å². The Balaban J connectivity index is 1.99. The van der Waals surface area contributed by atoms with Gasteiger partial charge in [-0.1, -0.05) is 32.9 Å². The minimum atomic E-state index is -0.838. The molecule has 1 aliphatic heterocycles. The molecule has 2 amide bonds. The lowest BCUT2D eigenvalue weighted by atomic mass is 9.86. The van der Waals surface area contributed by atoms with Gasteiger partial charge in [0.2, 0.25) is 0 Å². The van der Waals surface area contributed by atoms with E-state index in [9.17, 15) is 9.59 Å². The molecule has 1 aromatic rings. The molecule has 120 valence electrons. The largest absolute Gasteiger partial charge is 0.481 e. The van der Waals surface area contributed by atoms with Crippen LogP contribution in [-0.4, -0.2) is 30.2 Å². The van der Waals surface area contributed by atoms with Gasteiger partial charge in [0, 0.05) is 25.2 Å². The van der Waals surface area contributed by atoms with Crippen molar-refractivity contribution in [1.82, 2.24) is 5.32 Å². The van der Waals surface area contributed by atoms with Crippen molar-refractivity contribution in [2.75, 3.05) is 18.0 Å². The first kappa shape index (κ1) is 16.3. The highest BCUT2D eigenvalue weighted by molar-refractivity contribution is 5.94. The highest BCUT2D eigenvalue weighted by atomic mass is 16.4. The number of carboxylic acids is 1. The average molecular weight is 304 g/mol. The molecule has 0 radical (unpaired) electrons. The van der Waals surface area contributed by atoms with E-state index in [4.69, 9.17) is 5.11 Å². The first-order valence-corrected chi connectivity index (χ1v) is 7.69. The predicted octanol–water partition coefficient (Wildman–Crippen LogP) is 2.92. The van der Waals surface area contributed by atoms with Crippen LogP contribution in [0.3, 0.4) is 0 Å². The number of benzene rings is 1. The number of fused-ring (bicyclic) bond motifs is 1. The van der Waals surface area contributed by atoms with Crippen molar-refractivity contribution in [2.45, 2.75) is 45.4 Å². The zero-order valence-electron chi connectivity index (χ0n) is 13.5. The van der Waals surface area contributed by atoms with Gasteiger partial charge in [0.05, 0.1) is 0 Å². The van der Waals surface area contributed by atoms with Crippen molar-refractivity contribution < 1.29 is 14.7 Å². The van der Waals surface area contributed by atoms with Crippen LogP contribution in [0.4, 0.5) is 10.5 Å². The Hall–Kier alpha value is -2.04. The van der Waals surface area contributed by atoms with Gasteiger partial charge in [-0.25, -0.2) is 4.79 Å². The van der Waals surface area contributed by atoms with Gasteiger partial charge in [0.25, 0.3) is 0 Å². The summed E-state index contributed by atoms with van der Waals surface area (Å²) in [4.78, 5) is 24.4. The predicted molar refractivity (Wildman–Crippen MR) is 86.5 cm³/mol. The Morgan fingerprint density at radius 1 is 1.32 bits per heavy atom. The number of aliphatic carboxylic acids is 1. The standard InChI is InChI=1S/C17H24N2O3/c1-17(2,3)13-6-7-14-12(11-13)8-10-19(14)16(22)18-9-4-5-15(20)21/h6-7,11H,4-5,8-10H2,1-3H3,(H,18,22)(H,20,21). The summed E-state index contributed by atoms with van der Waals surface area (Å²) in [6.07, 6.45) is 1.39. The quantitative estimate of drug-likeness (QED) is 0.840. The van der Waals surface area contributed by atoms with E-state index < -0.39 is 5.97 Å². The maximum atomic E-state index is 12.2. The summed E-state index contributed by atoms with van der Waals surface area (Å²) in [7, 11) is 0. The van der Waals surface area contributed by atoms with Gasteiger partial charge in [0.15, 0.2) is 0 Å². The maximum absolute atomic E-state index is 12.2. The Labute approximate surface area is 131 Å². The van der Waals surface area contributed by atoms with Crippen LogP contribution in [0, 0.1) is 0 Å². The zero-order valence-corrected chi connectivity index (χ0v) is 13.5. The summed E-state index contributed by atoms with van der Waals surface area (Å²) >= 11 is 0. The molecule has 22 heavy (non-hydrogen) atoms. The summed E-state index contributed by atoms with van der Waals surface area (Å²) < 4.78 is 0. The number of hydrogen-bond acceptors (Lipinski definition) is 2. The fourth-order valence-electron chi connectivity index (χ4n) is 2.61. The van der Waals surface area contributed by atoms with Crippen LogP contribution in [0.1, 0.15) is 44.7 Å². The molecule has 1 aliphatic rings. The van der Waals surface area contributed by atoms with Gasteiger partial charge in [-0.3, -0.25) is 9.69 Å². The Bertz CT molecular complexity index is 576. The second-order valence-corrected chi connectivity index (χ2v) is 6.72. The fourth-order valence-corrected chi connectivity index (χ4v) is 2.61. The van der Waals surface area contributed by atoms with E-state index in [0.29, 0.717) is 19.5 Å². The van der Waals surface area contributed by atoms with E-state index in [-0.39, 0.29) is 17.9 Å². The first-order valence-electron chi connectivity index (χ1n) is 7.69.